The third kappa shape index (κ3) is 6.01. The molecular weight excluding hydrogens is 488 g/mol. The molecule has 35 heavy (non-hydrogen) atoms. The number of morpholine rings is 1. The molecule has 2 fully saturated rings. The minimum Gasteiger partial charge on any atom is -0.473 e. The summed E-state index contributed by atoms with van der Waals surface area (Å²) in [6, 6.07) is 10.2. The largest absolute Gasteiger partial charge is 0.473 e. The van der Waals surface area contributed by atoms with E-state index in [2.05, 4.69) is 44.5 Å². The van der Waals surface area contributed by atoms with Gasteiger partial charge in [-0.1, -0.05) is 12.1 Å². The molecular formula is C23H30N6O4S2. The van der Waals surface area contributed by atoms with Crippen LogP contribution in [-0.4, -0.2) is 92.5 Å². The zero-order chi connectivity index (χ0) is 23.5. The van der Waals surface area contributed by atoms with Crippen molar-refractivity contribution in [2.45, 2.75) is 6.10 Å². The van der Waals surface area contributed by atoms with Crippen LogP contribution in [0.2, 0.25) is 0 Å². The molecule has 0 aliphatic carbocycles. The van der Waals surface area contributed by atoms with Crippen LogP contribution in [0.25, 0.3) is 22.3 Å². The third-order valence-corrected chi connectivity index (χ3v) is 7.32. The standard InChI is InChI=1S/C23H28N6O4S.H2S/c1-34(30,31)29-12-13-32-19(15-29)16-33-23-22-21(25-6-7-26-22)14-20(27-23)17-2-4-18(5-3-17)28-10-8-24-9-11-28;/h2-7,14,19,24H,8-13,15-16H2,1H3;1H2/t19-;/m0./s1. The van der Waals surface area contributed by atoms with E-state index in [1.54, 1.807) is 12.4 Å². The Hall–Kier alpha value is -2.51. The fourth-order valence-electron chi connectivity index (χ4n) is 4.22. The number of nitrogens with one attached hydrogen (secondary N) is 1. The fourth-order valence-corrected chi connectivity index (χ4v) is 5.07. The number of benzene rings is 1. The zero-order valence-electron chi connectivity index (χ0n) is 19.6. The Morgan fingerprint density at radius 2 is 1.86 bits per heavy atom. The molecule has 2 aliphatic heterocycles. The molecule has 188 valence electrons. The highest BCUT2D eigenvalue weighted by atomic mass is 32.2. The summed E-state index contributed by atoms with van der Waals surface area (Å²) in [5.41, 5.74) is 4.10. The Labute approximate surface area is 212 Å². The fraction of sp³-hybridized carbons (Fsp3) is 0.435. The monoisotopic (exact) mass is 518 g/mol. The Balaban J connectivity index is 0.00000289. The highest BCUT2D eigenvalue weighted by Crippen LogP contribution is 2.28. The lowest BCUT2D eigenvalue weighted by atomic mass is 10.1. The predicted octanol–water partition coefficient (Wildman–Crippen LogP) is 1.25. The van der Waals surface area contributed by atoms with Gasteiger partial charge in [0.25, 0.3) is 0 Å². The minimum absolute atomic E-state index is 0. The van der Waals surface area contributed by atoms with Gasteiger partial charge in [0.1, 0.15) is 12.7 Å². The van der Waals surface area contributed by atoms with Crippen LogP contribution in [0.4, 0.5) is 5.69 Å². The maximum absolute atomic E-state index is 11.9. The van der Waals surface area contributed by atoms with Crippen LogP contribution >= 0.6 is 13.5 Å². The second-order valence-electron chi connectivity index (χ2n) is 8.45. The quantitative estimate of drug-likeness (QED) is 0.516. The summed E-state index contributed by atoms with van der Waals surface area (Å²) in [5, 5.41) is 3.37. The lowest BCUT2D eigenvalue weighted by Crippen LogP contribution is -2.47. The molecule has 0 saturated carbocycles. The van der Waals surface area contributed by atoms with Crippen molar-refractivity contribution in [1.29, 1.82) is 0 Å². The molecule has 1 atom stereocenters. The maximum atomic E-state index is 11.9. The van der Waals surface area contributed by atoms with Gasteiger partial charge in [0, 0.05) is 62.9 Å². The Morgan fingerprint density at radius 1 is 1.11 bits per heavy atom. The average Bonchev–Trinajstić information content (AvgIpc) is 2.87. The van der Waals surface area contributed by atoms with Gasteiger partial charge in [0.2, 0.25) is 15.9 Å². The van der Waals surface area contributed by atoms with Gasteiger partial charge < -0.3 is 19.7 Å². The van der Waals surface area contributed by atoms with Gasteiger partial charge in [-0.2, -0.15) is 17.8 Å². The van der Waals surface area contributed by atoms with E-state index < -0.39 is 10.0 Å². The summed E-state index contributed by atoms with van der Waals surface area (Å²) in [7, 11) is -3.28. The molecule has 2 saturated heterocycles. The number of rotatable bonds is 6. The second-order valence-corrected chi connectivity index (χ2v) is 10.4. The Bertz CT molecular complexity index is 1250. The normalized spacial score (nSPS) is 19.3. The molecule has 12 heteroatoms. The molecule has 0 unspecified atom stereocenters. The predicted molar refractivity (Wildman–Crippen MR) is 140 cm³/mol. The summed E-state index contributed by atoms with van der Waals surface area (Å²) >= 11 is 0. The Morgan fingerprint density at radius 3 is 2.60 bits per heavy atom. The van der Waals surface area contributed by atoms with E-state index in [1.807, 2.05) is 6.07 Å². The highest BCUT2D eigenvalue weighted by Gasteiger charge is 2.27. The van der Waals surface area contributed by atoms with Gasteiger partial charge in [0.05, 0.1) is 24.1 Å². The molecule has 0 radical (unpaired) electrons. The van der Waals surface area contributed by atoms with Gasteiger partial charge in [0.15, 0.2) is 5.52 Å². The van der Waals surface area contributed by atoms with Gasteiger partial charge in [-0.05, 0) is 18.2 Å². The van der Waals surface area contributed by atoms with Crippen LogP contribution in [0.3, 0.4) is 0 Å². The van der Waals surface area contributed by atoms with E-state index >= 15 is 0 Å². The molecule has 0 amide bonds. The average molecular weight is 519 g/mol. The number of aromatic nitrogens is 3. The van der Waals surface area contributed by atoms with Gasteiger partial charge >= 0.3 is 0 Å². The molecule has 1 aromatic carbocycles. The van der Waals surface area contributed by atoms with Crippen LogP contribution in [0, 0.1) is 0 Å². The number of pyridine rings is 1. The van der Waals surface area contributed by atoms with Crippen molar-refractivity contribution in [3.05, 3.63) is 42.7 Å². The van der Waals surface area contributed by atoms with Crippen LogP contribution in [0.15, 0.2) is 42.7 Å². The van der Waals surface area contributed by atoms with Crippen LogP contribution in [-0.2, 0) is 14.8 Å². The van der Waals surface area contributed by atoms with E-state index in [-0.39, 0.29) is 32.8 Å². The number of sulfonamides is 1. The van der Waals surface area contributed by atoms with E-state index in [4.69, 9.17) is 14.5 Å². The molecule has 3 aromatic rings. The van der Waals surface area contributed by atoms with Gasteiger partial charge in [-0.3, -0.25) is 4.98 Å². The SMILES string of the molecule is CS(=O)(=O)N1CCO[C@H](COc2nc(-c3ccc(N4CCNCC4)cc3)cc3nccnc23)C1.S. The molecule has 5 rings (SSSR count). The zero-order valence-corrected chi connectivity index (χ0v) is 21.4. The topological polar surface area (TPSA) is 110 Å². The Kier molecular flexibility index (Phi) is 8.07. The first kappa shape index (κ1) is 25.6. The molecule has 2 aromatic heterocycles. The molecule has 2 aliphatic rings. The second kappa shape index (κ2) is 11.0. The van der Waals surface area contributed by atoms with Crippen molar-refractivity contribution in [3.63, 3.8) is 0 Å². The van der Waals surface area contributed by atoms with Crippen molar-refractivity contribution >= 4 is 40.2 Å². The number of anilines is 1. The summed E-state index contributed by atoms with van der Waals surface area (Å²) in [6.45, 7) is 5.03. The lowest BCUT2D eigenvalue weighted by molar-refractivity contribution is -0.0252. The maximum Gasteiger partial charge on any atom is 0.242 e. The van der Waals surface area contributed by atoms with Crippen LogP contribution < -0.4 is 15.0 Å². The molecule has 1 N–H and O–H groups in total. The third-order valence-electron chi connectivity index (χ3n) is 6.05. The summed E-state index contributed by atoms with van der Waals surface area (Å²) < 4.78 is 37.0. The lowest BCUT2D eigenvalue weighted by Gasteiger charge is -2.30. The van der Waals surface area contributed by atoms with E-state index in [0.29, 0.717) is 30.1 Å². The van der Waals surface area contributed by atoms with Crippen molar-refractivity contribution in [3.8, 4) is 17.1 Å². The smallest absolute Gasteiger partial charge is 0.242 e. The summed E-state index contributed by atoms with van der Waals surface area (Å²) in [4.78, 5) is 15.9. The van der Waals surface area contributed by atoms with E-state index in [9.17, 15) is 8.42 Å². The highest BCUT2D eigenvalue weighted by molar-refractivity contribution is 7.88. The number of nitrogens with zero attached hydrogens (tertiary/aromatic N) is 5. The van der Waals surface area contributed by atoms with Crippen molar-refractivity contribution in [1.82, 2.24) is 24.6 Å². The van der Waals surface area contributed by atoms with Gasteiger partial charge in [-0.25, -0.2) is 18.4 Å². The first-order valence-corrected chi connectivity index (χ1v) is 13.2. The van der Waals surface area contributed by atoms with Crippen molar-refractivity contribution in [2.75, 3.05) is 63.6 Å². The molecule has 0 spiro atoms. The number of fused-ring (bicyclic) bond motifs is 1. The van der Waals surface area contributed by atoms with E-state index in [1.165, 1.54) is 16.2 Å². The number of piperazine rings is 1. The minimum atomic E-state index is -3.28. The van der Waals surface area contributed by atoms with E-state index in [0.717, 1.165) is 37.4 Å². The molecule has 4 heterocycles. The van der Waals surface area contributed by atoms with Gasteiger partial charge in [-0.15, -0.1) is 0 Å². The number of ether oxygens (including phenoxy) is 2. The molecule has 0 bridgehead atoms. The first-order chi connectivity index (χ1) is 16.5. The first-order valence-electron chi connectivity index (χ1n) is 11.3. The van der Waals surface area contributed by atoms with Crippen molar-refractivity contribution in [2.24, 2.45) is 0 Å². The van der Waals surface area contributed by atoms with Crippen molar-refractivity contribution < 1.29 is 17.9 Å². The molecule has 10 nitrogen and oxygen atoms in total. The number of hydrogen-bond acceptors (Lipinski definition) is 9. The number of hydrogen-bond donors (Lipinski definition) is 1. The summed E-state index contributed by atoms with van der Waals surface area (Å²) in [6.07, 6.45) is 4.05. The van der Waals surface area contributed by atoms with Crippen LogP contribution in [0.1, 0.15) is 0 Å². The van der Waals surface area contributed by atoms with Crippen LogP contribution in [0.5, 0.6) is 5.88 Å². The summed E-state index contributed by atoms with van der Waals surface area (Å²) in [5.74, 6) is 0.354.